The van der Waals surface area contributed by atoms with Crippen LogP contribution in [0.15, 0.2) is 71.6 Å². The molecule has 0 saturated carbocycles. The standard InChI is InChI=1S/C23H22F2N2O4S/c1-15(16-7-12-21(24)22(25)14-16)26-23(28)17-5-4-6-20(13-17)32(29,30)27(2)18-8-10-19(31-3)11-9-18/h4-15H,1-3H3,(H,26,28). The number of benzene rings is 3. The second kappa shape index (κ2) is 9.35. The number of anilines is 1. The molecule has 1 atom stereocenters. The van der Waals surface area contributed by atoms with Gasteiger partial charge in [-0.2, -0.15) is 0 Å². The number of rotatable bonds is 7. The number of ether oxygens (including phenoxy) is 1. The number of hydrogen-bond donors (Lipinski definition) is 1. The summed E-state index contributed by atoms with van der Waals surface area (Å²) in [6.45, 7) is 1.61. The van der Waals surface area contributed by atoms with Gasteiger partial charge >= 0.3 is 0 Å². The summed E-state index contributed by atoms with van der Waals surface area (Å²) in [6.07, 6.45) is 0. The average molecular weight is 461 g/mol. The van der Waals surface area contributed by atoms with Gasteiger partial charge in [0, 0.05) is 12.6 Å². The van der Waals surface area contributed by atoms with Crippen LogP contribution in [-0.4, -0.2) is 28.5 Å². The number of halogens is 2. The van der Waals surface area contributed by atoms with Crippen molar-refractivity contribution < 1.29 is 26.7 Å². The highest BCUT2D eigenvalue weighted by Crippen LogP contribution is 2.25. The molecule has 3 aromatic rings. The quantitative estimate of drug-likeness (QED) is 0.571. The molecule has 32 heavy (non-hydrogen) atoms. The number of amides is 1. The lowest BCUT2D eigenvalue weighted by Gasteiger charge is -2.20. The van der Waals surface area contributed by atoms with Gasteiger partial charge in [-0.3, -0.25) is 9.10 Å². The van der Waals surface area contributed by atoms with Gasteiger partial charge in [-0.15, -0.1) is 0 Å². The van der Waals surface area contributed by atoms with Crippen molar-refractivity contribution in [3.8, 4) is 5.75 Å². The summed E-state index contributed by atoms with van der Waals surface area (Å²) in [7, 11) is -1.01. The lowest BCUT2D eigenvalue weighted by Crippen LogP contribution is -2.28. The first kappa shape index (κ1) is 23.2. The van der Waals surface area contributed by atoms with Gasteiger partial charge in [0.2, 0.25) is 0 Å². The second-order valence-electron chi connectivity index (χ2n) is 7.07. The first-order valence-electron chi connectivity index (χ1n) is 9.62. The third-order valence-electron chi connectivity index (χ3n) is 4.98. The van der Waals surface area contributed by atoms with E-state index >= 15 is 0 Å². The first-order chi connectivity index (χ1) is 15.1. The Hall–Kier alpha value is -3.46. The minimum absolute atomic E-state index is 0.0658. The predicted molar refractivity (Wildman–Crippen MR) is 117 cm³/mol. The zero-order chi connectivity index (χ0) is 23.5. The van der Waals surface area contributed by atoms with Crippen LogP contribution in [0.2, 0.25) is 0 Å². The molecule has 1 unspecified atom stereocenters. The van der Waals surface area contributed by atoms with E-state index in [1.165, 1.54) is 44.5 Å². The third kappa shape index (κ3) is 4.88. The van der Waals surface area contributed by atoms with Gasteiger partial charge in [0.1, 0.15) is 5.75 Å². The van der Waals surface area contributed by atoms with Crippen LogP contribution >= 0.6 is 0 Å². The predicted octanol–water partition coefficient (Wildman–Crippen LogP) is 4.29. The molecule has 6 nitrogen and oxygen atoms in total. The fraction of sp³-hybridized carbons (Fsp3) is 0.174. The molecular weight excluding hydrogens is 438 g/mol. The van der Waals surface area contributed by atoms with E-state index in [-0.39, 0.29) is 10.5 Å². The molecule has 0 saturated heterocycles. The van der Waals surface area contributed by atoms with E-state index in [4.69, 9.17) is 4.74 Å². The Morgan fingerprint density at radius 2 is 1.69 bits per heavy atom. The number of methoxy groups -OCH3 is 1. The molecule has 3 rings (SSSR count). The molecule has 0 aliphatic rings. The van der Waals surface area contributed by atoms with Crippen LogP contribution in [0.3, 0.4) is 0 Å². The topological polar surface area (TPSA) is 75.7 Å². The average Bonchev–Trinajstić information content (AvgIpc) is 2.80. The summed E-state index contributed by atoms with van der Waals surface area (Å²) in [6, 6.07) is 14.8. The molecule has 0 aliphatic carbocycles. The summed E-state index contributed by atoms with van der Waals surface area (Å²) in [5.74, 6) is -1.95. The van der Waals surface area contributed by atoms with Crippen molar-refractivity contribution in [2.75, 3.05) is 18.5 Å². The second-order valence-corrected chi connectivity index (χ2v) is 9.04. The number of nitrogens with zero attached hydrogens (tertiary/aromatic N) is 1. The van der Waals surface area contributed by atoms with Crippen LogP contribution in [-0.2, 0) is 10.0 Å². The van der Waals surface area contributed by atoms with Crippen molar-refractivity contribution >= 4 is 21.6 Å². The first-order valence-corrected chi connectivity index (χ1v) is 11.1. The summed E-state index contributed by atoms with van der Waals surface area (Å²) < 4.78 is 58.9. The number of sulfonamides is 1. The zero-order valence-corrected chi connectivity index (χ0v) is 18.5. The number of carbonyl (C=O) groups is 1. The SMILES string of the molecule is COc1ccc(N(C)S(=O)(=O)c2cccc(C(=O)NC(C)c3ccc(F)c(F)c3)c2)cc1. The molecule has 1 N–H and O–H groups in total. The number of carbonyl (C=O) groups excluding carboxylic acids is 1. The van der Waals surface area contributed by atoms with Crippen molar-refractivity contribution in [1.29, 1.82) is 0 Å². The number of nitrogens with one attached hydrogen (secondary N) is 1. The summed E-state index contributed by atoms with van der Waals surface area (Å²) in [4.78, 5) is 12.6. The molecular formula is C23H22F2N2O4S. The molecule has 168 valence electrons. The van der Waals surface area contributed by atoms with Crippen molar-refractivity contribution in [2.45, 2.75) is 17.9 Å². The van der Waals surface area contributed by atoms with Crippen molar-refractivity contribution in [3.05, 3.63) is 89.5 Å². The smallest absolute Gasteiger partial charge is 0.264 e. The minimum Gasteiger partial charge on any atom is -0.497 e. The largest absolute Gasteiger partial charge is 0.497 e. The van der Waals surface area contributed by atoms with Gasteiger partial charge in [0.15, 0.2) is 11.6 Å². The Labute approximate surface area is 185 Å². The van der Waals surface area contributed by atoms with E-state index in [2.05, 4.69) is 5.32 Å². The Bertz CT molecular complexity index is 1230. The van der Waals surface area contributed by atoms with Crippen LogP contribution in [0.4, 0.5) is 14.5 Å². The van der Waals surface area contributed by atoms with E-state index in [0.717, 1.165) is 16.4 Å². The van der Waals surface area contributed by atoms with Crippen molar-refractivity contribution in [2.24, 2.45) is 0 Å². The molecule has 0 heterocycles. The van der Waals surface area contributed by atoms with E-state index in [0.29, 0.717) is 17.0 Å². The van der Waals surface area contributed by atoms with E-state index in [1.54, 1.807) is 31.2 Å². The molecule has 9 heteroatoms. The highest BCUT2D eigenvalue weighted by atomic mass is 32.2. The lowest BCUT2D eigenvalue weighted by atomic mass is 10.1. The Morgan fingerprint density at radius 3 is 2.31 bits per heavy atom. The Morgan fingerprint density at radius 1 is 1.00 bits per heavy atom. The van der Waals surface area contributed by atoms with Crippen molar-refractivity contribution in [3.63, 3.8) is 0 Å². The summed E-state index contributed by atoms with van der Waals surface area (Å²) in [5, 5.41) is 2.66. The molecule has 3 aromatic carbocycles. The van der Waals surface area contributed by atoms with Crippen LogP contribution < -0.4 is 14.4 Å². The van der Waals surface area contributed by atoms with E-state index in [9.17, 15) is 22.0 Å². The Kier molecular flexibility index (Phi) is 6.78. The molecule has 1 amide bonds. The Balaban J connectivity index is 1.81. The van der Waals surface area contributed by atoms with Gasteiger partial charge in [0.25, 0.3) is 15.9 Å². The van der Waals surface area contributed by atoms with Crippen LogP contribution in [0, 0.1) is 11.6 Å². The maximum atomic E-state index is 13.5. The van der Waals surface area contributed by atoms with Gasteiger partial charge in [-0.1, -0.05) is 12.1 Å². The highest BCUT2D eigenvalue weighted by Gasteiger charge is 2.23. The number of hydrogen-bond acceptors (Lipinski definition) is 4. The van der Waals surface area contributed by atoms with Gasteiger partial charge < -0.3 is 10.1 Å². The minimum atomic E-state index is -3.94. The highest BCUT2D eigenvalue weighted by molar-refractivity contribution is 7.92. The van der Waals surface area contributed by atoms with Crippen LogP contribution in [0.5, 0.6) is 5.75 Å². The summed E-state index contributed by atoms with van der Waals surface area (Å²) >= 11 is 0. The molecule has 0 bridgehead atoms. The fourth-order valence-electron chi connectivity index (χ4n) is 3.03. The monoisotopic (exact) mass is 460 g/mol. The molecule has 0 aliphatic heterocycles. The third-order valence-corrected chi connectivity index (χ3v) is 6.76. The van der Waals surface area contributed by atoms with Gasteiger partial charge in [-0.25, -0.2) is 17.2 Å². The lowest BCUT2D eigenvalue weighted by molar-refractivity contribution is 0.0939. The zero-order valence-electron chi connectivity index (χ0n) is 17.7. The molecule has 0 aromatic heterocycles. The van der Waals surface area contributed by atoms with E-state index < -0.39 is 33.6 Å². The van der Waals surface area contributed by atoms with Crippen LogP contribution in [0.1, 0.15) is 28.9 Å². The fourth-order valence-corrected chi connectivity index (χ4v) is 4.27. The van der Waals surface area contributed by atoms with Gasteiger partial charge in [0.05, 0.1) is 23.7 Å². The summed E-state index contributed by atoms with van der Waals surface area (Å²) in [5.41, 5.74) is 0.913. The molecule has 0 spiro atoms. The van der Waals surface area contributed by atoms with Gasteiger partial charge in [-0.05, 0) is 67.1 Å². The maximum absolute atomic E-state index is 13.5. The maximum Gasteiger partial charge on any atom is 0.264 e. The normalized spacial score (nSPS) is 12.2. The van der Waals surface area contributed by atoms with Crippen LogP contribution in [0.25, 0.3) is 0 Å². The van der Waals surface area contributed by atoms with E-state index in [1.807, 2.05) is 0 Å². The molecule has 0 fully saturated rings. The molecule has 0 radical (unpaired) electrons. The van der Waals surface area contributed by atoms with Crippen molar-refractivity contribution in [1.82, 2.24) is 5.32 Å².